The lowest BCUT2D eigenvalue weighted by atomic mass is 10.3. The van der Waals surface area contributed by atoms with Crippen LogP contribution in [0.15, 0.2) is 22.4 Å². The first-order valence-electron chi connectivity index (χ1n) is 5.37. The van der Waals surface area contributed by atoms with E-state index in [-0.39, 0.29) is 5.84 Å². The highest BCUT2D eigenvalue weighted by atomic mass is 32.2. The fraction of sp³-hybridized carbons (Fsp3) is 0.333. The quantitative estimate of drug-likeness (QED) is 0.598. The van der Waals surface area contributed by atoms with Crippen molar-refractivity contribution < 1.29 is 0 Å². The smallest absolute Gasteiger partial charge is 0.215 e. The minimum atomic E-state index is -0.0437. The standard InChI is InChI=1S/C9H10N8S/c10-7(11)6-3-4-12-13-8(6)18-9-14-15-16-17(9)5-1-2-5/h3-5H,1-2H2,(H3,10,11). The molecule has 0 atom stereocenters. The second-order valence-corrected chi connectivity index (χ2v) is 4.86. The van der Waals surface area contributed by atoms with Crippen LogP contribution in [0.3, 0.4) is 0 Å². The molecule has 0 unspecified atom stereocenters. The molecular weight excluding hydrogens is 252 g/mol. The zero-order valence-corrected chi connectivity index (χ0v) is 10.1. The normalized spacial score (nSPS) is 14.7. The number of tetrazole rings is 1. The van der Waals surface area contributed by atoms with Gasteiger partial charge < -0.3 is 5.73 Å². The highest BCUT2D eigenvalue weighted by Gasteiger charge is 2.28. The Balaban J connectivity index is 1.92. The van der Waals surface area contributed by atoms with E-state index in [0.717, 1.165) is 12.8 Å². The summed E-state index contributed by atoms with van der Waals surface area (Å²) in [5, 5.41) is 28.0. The van der Waals surface area contributed by atoms with E-state index in [2.05, 4.69) is 25.7 Å². The summed E-state index contributed by atoms with van der Waals surface area (Å²) in [4.78, 5) is 0. The van der Waals surface area contributed by atoms with Crippen LogP contribution in [0.1, 0.15) is 24.4 Å². The van der Waals surface area contributed by atoms with Crippen LogP contribution in [0.25, 0.3) is 0 Å². The maximum absolute atomic E-state index is 7.49. The number of amidine groups is 1. The molecule has 0 bridgehead atoms. The molecule has 0 aromatic carbocycles. The average molecular weight is 262 g/mol. The minimum absolute atomic E-state index is 0.0437. The molecule has 1 fully saturated rings. The molecule has 1 aliphatic carbocycles. The number of hydrogen-bond donors (Lipinski definition) is 2. The maximum atomic E-state index is 7.49. The molecule has 9 heteroatoms. The number of nitrogens with two attached hydrogens (primary N) is 1. The Morgan fingerprint density at radius 2 is 2.28 bits per heavy atom. The third-order valence-electron chi connectivity index (χ3n) is 2.52. The van der Waals surface area contributed by atoms with Gasteiger partial charge in [0.2, 0.25) is 5.16 Å². The summed E-state index contributed by atoms with van der Waals surface area (Å²) < 4.78 is 1.78. The van der Waals surface area contributed by atoms with Gasteiger partial charge in [0.05, 0.1) is 17.8 Å². The summed E-state index contributed by atoms with van der Waals surface area (Å²) in [5.41, 5.74) is 6.04. The van der Waals surface area contributed by atoms with Gasteiger partial charge in [-0.15, -0.1) is 10.2 Å². The summed E-state index contributed by atoms with van der Waals surface area (Å²) in [7, 11) is 0. The van der Waals surface area contributed by atoms with Crippen molar-refractivity contribution in [1.82, 2.24) is 30.4 Å². The monoisotopic (exact) mass is 262 g/mol. The van der Waals surface area contributed by atoms with Gasteiger partial charge in [-0.05, 0) is 41.1 Å². The van der Waals surface area contributed by atoms with E-state index in [4.69, 9.17) is 11.1 Å². The Labute approximate surface area is 106 Å². The van der Waals surface area contributed by atoms with E-state index < -0.39 is 0 Å². The van der Waals surface area contributed by atoms with Crippen molar-refractivity contribution in [3.63, 3.8) is 0 Å². The first-order chi connectivity index (χ1) is 8.75. The lowest BCUT2D eigenvalue weighted by Crippen LogP contribution is -2.13. The van der Waals surface area contributed by atoms with E-state index in [1.54, 1.807) is 10.7 Å². The molecule has 92 valence electrons. The van der Waals surface area contributed by atoms with Crippen molar-refractivity contribution in [3.8, 4) is 0 Å². The number of rotatable bonds is 4. The lowest BCUT2D eigenvalue weighted by molar-refractivity contribution is 0.565. The van der Waals surface area contributed by atoms with Gasteiger partial charge in [0.1, 0.15) is 10.9 Å². The number of hydrogen-bond acceptors (Lipinski definition) is 7. The first kappa shape index (κ1) is 11.1. The zero-order chi connectivity index (χ0) is 12.5. The number of nitrogen functional groups attached to an aromatic ring is 1. The molecule has 18 heavy (non-hydrogen) atoms. The minimum Gasteiger partial charge on any atom is -0.384 e. The van der Waals surface area contributed by atoms with Crippen LogP contribution >= 0.6 is 11.8 Å². The molecule has 1 aliphatic rings. The van der Waals surface area contributed by atoms with Crippen LogP contribution in [-0.4, -0.2) is 36.2 Å². The SMILES string of the molecule is N=C(N)c1ccnnc1Sc1nnnn1C1CC1. The van der Waals surface area contributed by atoms with Crippen molar-refractivity contribution in [2.75, 3.05) is 0 Å². The fourth-order valence-electron chi connectivity index (χ4n) is 1.49. The van der Waals surface area contributed by atoms with Crippen molar-refractivity contribution in [1.29, 1.82) is 5.41 Å². The molecule has 2 heterocycles. The highest BCUT2D eigenvalue weighted by Crippen LogP contribution is 2.37. The molecular formula is C9H10N8S. The van der Waals surface area contributed by atoms with Gasteiger partial charge in [-0.3, -0.25) is 5.41 Å². The zero-order valence-electron chi connectivity index (χ0n) is 9.32. The molecule has 0 saturated heterocycles. The van der Waals surface area contributed by atoms with E-state index in [1.165, 1.54) is 18.0 Å². The molecule has 1 saturated carbocycles. The van der Waals surface area contributed by atoms with Crippen molar-refractivity contribution in [3.05, 3.63) is 17.8 Å². The van der Waals surface area contributed by atoms with Crippen LogP contribution in [-0.2, 0) is 0 Å². The third-order valence-corrected chi connectivity index (χ3v) is 3.47. The molecule has 2 aromatic rings. The van der Waals surface area contributed by atoms with E-state index in [0.29, 0.717) is 21.8 Å². The van der Waals surface area contributed by atoms with E-state index in [9.17, 15) is 0 Å². The van der Waals surface area contributed by atoms with Gasteiger partial charge in [-0.25, -0.2) is 4.68 Å². The number of nitrogens with zero attached hydrogens (tertiary/aromatic N) is 6. The van der Waals surface area contributed by atoms with Gasteiger partial charge >= 0.3 is 0 Å². The molecule has 0 aliphatic heterocycles. The van der Waals surface area contributed by atoms with Crippen LogP contribution in [0, 0.1) is 5.41 Å². The summed E-state index contributed by atoms with van der Waals surface area (Å²) in [6.07, 6.45) is 3.70. The van der Waals surface area contributed by atoms with Gasteiger partial charge in [-0.1, -0.05) is 0 Å². The second kappa shape index (κ2) is 4.33. The predicted molar refractivity (Wildman–Crippen MR) is 63.3 cm³/mol. The molecule has 2 aromatic heterocycles. The van der Waals surface area contributed by atoms with E-state index >= 15 is 0 Å². The van der Waals surface area contributed by atoms with Crippen molar-refractivity contribution in [2.24, 2.45) is 5.73 Å². The Hall–Kier alpha value is -2.03. The van der Waals surface area contributed by atoms with Crippen molar-refractivity contribution in [2.45, 2.75) is 29.1 Å². The lowest BCUT2D eigenvalue weighted by Gasteiger charge is -2.04. The van der Waals surface area contributed by atoms with Gasteiger partial charge in [0.15, 0.2) is 0 Å². The fourth-order valence-corrected chi connectivity index (χ4v) is 2.39. The Kier molecular flexibility index (Phi) is 2.67. The predicted octanol–water partition coefficient (Wildman–Crippen LogP) is 0.233. The van der Waals surface area contributed by atoms with Gasteiger partial charge in [-0.2, -0.15) is 5.10 Å². The maximum Gasteiger partial charge on any atom is 0.215 e. The molecule has 0 spiro atoms. The summed E-state index contributed by atoms with van der Waals surface area (Å²) >= 11 is 1.28. The average Bonchev–Trinajstić information content (AvgIpc) is 3.11. The molecule has 8 nitrogen and oxygen atoms in total. The molecule has 3 N–H and O–H groups in total. The van der Waals surface area contributed by atoms with Gasteiger partial charge in [0, 0.05) is 0 Å². The molecule has 0 amide bonds. The van der Waals surface area contributed by atoms with Crippen molar-refractivity contribution >= 4 is 17.6 Å². The van der Waals surface area contributed by atoms with Crippen LogP contribution in [0.5, 0.6) is 0 Å². The summed E-state index contributed by atoms with van der Waals surface area (Å²) in [5.74, 6) is -0.0437. The Bertz CT molecular complexity index is 590. The van der Waals surface area contributed by atoms with Gasteiger partial charge in [0.25, 0.3) is 0 Å². The van der Waals surface area contributed by atoms with E-state index in [1.807, 2.05) is 0 Å². The topological polar surface area (TPSA) is 119 Å². The van der Waals surface area contributed by atoms with Crippen LogP contribution in [0.2, 0.25) is 0 Å². The molecule has 3 rings (SSSR count). The summed E-state index contributed by atoms with van der Waals surface area (Å²) in [6, 6.07) is 2.04. The Morgan fingerprint density at radius 1 is 1.44 bits per heavy atom. The van der Waals surface area contributed by atoms with Crippen LogP contribution in [0.4, 0.5) is 0 Å². The second-order valence-electron chi connectivity index (χ2n) is 3.90. The highest BCUT2D eigenvalue weighted by molar-refractivity contribution is 7.99. The summed E-state index contributed by atoms with van der Waals surface area (Å²) in [6.45, 7) is 0. The largest absolute Gasteiger partial charge is 0.384 e. The Morgan fingerprint density at radius 3 is 3.00 bits per heavy atom. The number of nitrogens with one attached hydrogen (secondary N) is 1. The van der Waals surface area contributed by atoms with Crippen LogP contribution < -0.4 is 5.73 Å². The first-order valence-corrected chi connectivity index (χ1v) is 6.19. The molecule has 0 radical (unpaired) electrons. The third kappa shape index (κ3) is 2.04. The number of aromatic nitrogens is 6.